The van der Waals surface area contributed by atoms with Crippen molar-refractivity contribution in [3.8, 4) is 0 Å². The highest BCUT2D eigenvalue weighted by Crippen LogP contribution is 2.58. The lowest BCUT2D eigenvalue weighted by Gasteiger charge is -2.38. The Morgan fingerprint density at radius 3 is 1.62 bits per heavy atom. The van der Waals surface area contributed by atoms with Crippen LogP contribution in [0.2, 0.25) is 0 Å². The fourth-order valence-electron chi connectivity index (χ4n) is 2.06. The standard InChI is InChI=1S/C15H10F12N2O4S/c1-6(30)29-34(32,33)8-4-2-7(3-5-8)28-10(31)12(20,21)14(24,25)15(26,27)13(22,23)11(18,19)9(16)17/h2-5,9H,1H3,(H,28,31)(H,29,30). The van der Waals surface area contributed by atoms with Gasteiger partial charge in [0.2, 0.25) is 5.91 Å². The van der Waals surface area contributed by atoms with Crippen molar-refractivity contribution in [1.29, 1.82) is 0 Å². The molecule has 0 aliphatic carbocycles. The summed E-state index contributed by atoms with van der Waals surface area (Å²) >= 11 is 0. The van der Waals surface area contributed by atoms with Crippen LogP contribution in [0.4, 0.5) is 58.4 Å². The highest BCUT2D eigenvalue weighted by atomic mass is 32.2. The van der Waals surface area contributed by atoms with E-state index in [1.54, 1.807) is 0 Å². The number of anilines is 1. The van der Waals surface area contributed by atoms with Gasteiger partial charge in [0.1, 0.15) is 0 Å². The van der Waals surface area contributed by atoms with E-state index in [1.807, 2.05) is 0 Å². The van der Waals surface area contributed by atoms with Gasteiger partial charge < -0.3 is 5.32 Å². The number of carbonyl (C=O) groups is 2. The second-order valence-corrected chi connectivity index (χ2v) is 8.04. The van der Waals surface area contributed by atoms with Crippen LogP contribution in [-0.4, -0.2) is 56.3 Å². The van der Waals surface area contributed by atoms with Crippen LogP contribution in [0.25, 0.3) is 0 Å². The Labute approximate surface area is 181 Å². The Morgan fingerprint density at radius 2 is 1.24 bits per heavy atom. The number of sulfonamides is 1. The first kappa shape index (κ1) is 29.3. The van der Waals surface area contributed by atoms with E-state index in [4.69, 9.17) is 0 Å². The normalized spacial score (nSPS) is 14.2. The number of halogens is 12. The molecule has 1 rings (SSSR count). The Kier molecular flexibility index (Phi) is 7.59. The van der Waals surface area contributed by atoms with E-state index in [2.05, 4.69) is 0 Å². The molecular weight excluding hydrogens is 532 g/mol. The summed E-state index contributed by atoms with van der Waals surface area (Å²) in [7, 11) is -4.51. The third kappa shape index (κ3) is 4.74. The minimum absolute atomic E-state index is 0.401. The Bertz CT molecular complexity index is 1040. The average molecular weight is 542 g/mol. The largest absolute Gasteiger partial charge is 0.393 e. The van der Waals surface area contributed by atoms with Crippen molar-refractivity contribution >= 4 is 27.5 Å². The van der Waals surface area contributed by atoms with E-state index in [0.717, 1.165) is 12.2 Å². The fraction of sp³-hybridized carbons (Fsp3) is 0.467. The molecule has 0 atom stereocenters. The first-order valence-electron chi connectivity index (χ1n) is 8.09. The number of hydrogen-bond donors (Lipinski definition) is 2. The monoisotopic (exact) mass is 542 g/mol. The van der Waals surface area contributed by atoms with Gasteiger partial charge in [0.15, 0.2) is 0 Å². The van der Waals surface area contributed by atoms with Gasteiger partial charge in [-0.3, -0.25) is 9.59 Å². The molecule has 19 heteroatoms. The number of alkyl halides is 12. The van der Waals surface area contributed by atoms with Crippen LogP contribution >= 0.6 is 0 Å². The minimum atomic E-state index is -7.88. The van der Waals surface area contributed by atoms with Gasteiger partial charge in [0, 0.05) is 12.6 Å². The summed E-state index contributed by atoms with van der Waals surface area (Å²) in [6, 6.07) is 1.78. The van der Waals surface area contributed by atoms with Gasteiger partial charge >= 0.3 is 41.9 Å². The number of amides is 2. The molecule has 2 N–H and O–H groups in total. The third-order valence-electron chi connectivity index (χ3n) is 3.86. The van der Waals surface area contributed by atoms with Gasteiger partial charge in [-0.2, -0.15) is 43.9 Å². The number of nitrogens with one attached hydrogen (secondary N) is 2. The molecule has 2 amide bonds. The zero-order valence-electron chi connectivity index (χ0n) is 16.0. The molecule has 6 nitrogen and oxygen atoms in total. The summed E-state index contributed by atoms with van der Waals surface area (Å²) in [5.41, 5.74) is -1.02. The molecule has 0 aromatic heterocycles. The van der Waals surface area contributed by atoms with Crippen LogP contribution in [0.15, 0.2) is 29.2 Å². The summed E-state index contributed by atoms with van der Waals surface area (Å²) in [5, 5.41) is 0.828. The topological polar surface area (TPSA) is 92.3 Å². The van der Waals surface area contributed by atoms with Crippen molar-refractivity contribution in [1.82, 2.24) is 4.72 Å². The second-order valence-electron chi connectivity index (χ2n) is 6.36. The van der Waals surface area contributed by atoms with Crippen LogP contribution in [0.5, 0.6) is 0 Å². The SMILES string of the molecule is CC(=O)NS(=O)(=O)c1ccc(NC(=O)C(F)(F)C(F)(F)C(F)(F)C(F)(F)C(F)(F)C(F)F)cc1. The predicted octanol–water partition coefficient (Wildman–Crippen LogP) is 3.89. The highest BCUT2D eigenvalue weighted by Gasteiger charge is 2.89. The molecule has 1 aromatic rings. The molecule has 0 unspecified atom stereocenters. The highest BCUT2D eigenvalue weighted by molar-refractivity contribution is 7.90. The van der Waals surface area contributed by atoms with Crippen LogP contribution in [-0.2, 0) is 19.6 Å². The fourth-order valence-corrected chi connectivity index (χ4v) is 3.05. The molecule has 34 heavy (non-hydrogen) atoms. The lowest BCUT2D eigenvalue weighted by Crippen LogP contribution is -2.70. The molecule has 0 saturated carbocycles. The van der Waals surface area contributed by atoms with Gasteiger partial charge in [-0.1, -0.05) is 0 Å². The van der Waals surface area contributed by atoms with Crippen LogP contribution in [0.3, 0.4) is 0 Å². The van der Waals surface area contributed by atoms with Crippen LogP contribution < -0.4 is 10.0 Å². The molecule has 0 bridgehead atoms. The van der Waals surface area contributed by atoms with E-state index in [-0.39, 0.29) is 0 Å². The van der Waals surface area contributed by atoms with Gasteiger partial charge in [-0.15, -0.1) is 0 Å². The summed E-state index contributed by atoms with van der Waals surface area (Å²) < 4.78 is 182. The maximum Gasteiger partial charge on any atom is 0.393 e. The van der Waals surface area contributed by atoms with Crippen molar-refractivity contribution in [2.75, 3.05) is 5.32 Å². The lowest BCUT2D eigenvalue weighted by molar-refractivity contribution is -0.406. The van der Waals surface area contributed by atoms with E-state index < -0.39 is 68.5 Å². The van der Waals surface area contributed by atoms with E-state index in [9.17, 15) is 70.7 Å². The summed E-state index contributed by atoms with van der Waals surface area (Å²) in [5.74, 6) is -41.9. The lowest BCUT2D eigenvalue weighted by atomic mass is 9.94. The van der Waals surface area contributed by atoms with Crippen molar-refractivity contribution in [2.24, 2.45) is 0 Å². The third-order valence-corrected chi connectivity index (χ3v) is 5.31. The molecule has 0 aliphatic heterocycles. The second kappa shape index (κ2) is 8.81. The van der Waals surface area contributed by atoms with Crippen LogP contribution in [0.1, 0.15) is 6.92 Å². The maximum atomic E-state index is 13.8. The predicted molar refractivity (Wildman–Crippen MR) is 86.8 cm³/mol. The van der Waals surface area contributed by atoms with Gasteiger partial charge in [-0.05, 0) is 24.3 Å². The molecule has 194 valence electrons. The molecule has 0 saturated heterocycles. The Hall–Kier alpha value is -2.73. The summed E-state index contributed by atoms with van der Waals surface area (Å²) in [4.78, 5) is 21.5. The minimum Gasteiger partial charge on any atom is -0.321 e. The van der Waals surface area contributed by atoms with Crippen molar-refractivity contribution in [2.45, 2.75) is 47.9 Å². The van der Waals surface area contributed by atoms with Crippen molar-refractivity contribution in [3.05, 3.63) is 24.3 Å². The quantitative estimate of drug-likeness (QED) is 0.464. The number of carbonyl (C=O) groups excluding carboxylic acids is 2. The molecular formula is C15H10F12N2O4S. The maximum absolute atomic E-state index is 13.8. The smallest absolute Gasteiger partial charge is 0.321 e. The Morgan fingerprint density at radius 1 is 0.794 bits per heavy atom. The molecule has 0 heterocycles. The van der Waals surface area contributed by atoms with Gasteiger partial charge in [0.25, 0.3) is 10.0 Å². The molecule has 1 aromatic carbocycles. The molecule has 0 radical (unpaired) electrons. The number of hydrogen-bond acceptors (Lipinski definition) is 4. The average Bonchev–Trinajstić information content (AvgIpc) is 2.66. The van der Waals surface area contributed by atoms with E-state index in [0.29, 0.717) is 24.3 Å². The number of benzene rings is 1. The van der Waals surface area contributed by atoms with Crippen LogP contribution in [0, 0.1) is 0 Å². The van der Waals surface area contributed by atoms with E-state index >= 15 is 0 Å². The molecule has 0 aliphatic rings. The van der Waals surface area contributed by atoms with Gasteiger partial charge in [-0.25, -0.2) is 21.9 Å². The van der Waals surface area contributed by atoms with Crippen molar-refractivity contribution < 1.29 is 70.7 Å². The summed E-state index contributed by atoms with van der Waals surface area (Å²) in [6.07, 6.45) is -5.68. The first-order chi connectivity index (χ1) is 15.0. The zero-order chi connectivity index (χ0) is 27.1. The zero-order valence-corrected chi connectivity index (χ0v) is 16.8. The Balaban J connectivity index is 3.29. The molecule has 0 fully saturated rings. The molecule has 0 spiro atoms. The number of rotatable bonds is 9. The van der Waals surface area contributed by atoms with E-state index in [1.165, 1.54) is 4.72 Å². The first-order valence-corrected chi connectivity index (χ1v) is 9.57. The van der Waals surface area contributed by atoms with Crippen molar-refractivity contribution in [3.63, 3.8) is 0 Å². The van der Waals surface area contributed by atoms with Gasteiger partial charge in [0.05, 0.1) is 4.90 Å². The summed E-state index contributed by atoms with van der Waals surface area (Å²) in [6.45, 7) is 0.783.